The van der Waals surface area contributed by atoms with Crippen molar-refractivity contribution in [3.05, 3.63) is 88.5 Å². The molecule has 1 atom stereocenters. The van der Waals surface area contributed by atoms with E-state index in [2.05, 4.69) is 0 Å². The van der Waals surface area contributed by atoms with Gasteiger partial charge >= 0.3 is 0 Å². The van der Waals surface area contributed by atoms with E-state index in [1.807, 2.05) is 0 Å². The van der Waals surface area contributed by atoms with Crippen LogP contribution in [0.5, 0.6) is 17.2 Å². The first-order valence-electron chi connectivity index (χ1n) is 10.5. The second-order valence-electron chi connectivity index (χ2n) is 7.54. The molecule has 1 heterocycles. The molecule has 3 aromatic carbocycles. The molecule has 1 amide bonds. The number of methoxy groups -OCH3 is 1. The molecule has 1 aliphatic heterocycles. The molecule has 4 rings (SSSR count). The molecule has 174 valence electrons. The van der Waals surface area contributed by atoms with Gasteiger partial charge in [0.05, 0.1) is 30.4 Å². The van der Waals surface area contributed by atoms with Crippen LogP contribution in [0, 0.1) is 0 Å². The summed E-state index contributed by atoms with van der Waals surface area (Å²) in [5, 5.41) is 21.7. The molecule has 1 fully saturated rings. The van der Waals surface area contributed by atoms with Crippen LogP contribution in [-0.2, 0) is 9.59 Å². The van der Waals surface area contributed by atoms with Gasteiger partial charge in [-0.05, 0) is 55.0 Å². The summed E-state index contributed by atoms with van der Waals surface area (Å²) in [6, 6.07) is 16.5. The van der Waals surface area contributed by atoms with Gasteiger partial charge in [-0.2, -0.15) is 0 Å². The molecule has 1 unspecified atom stereocenters. The number of amides is 1. The lowest BCUT2D eigenvalue weighted by molar-refractivity contribution is -0.132. The third-order valence-corrected chi connectivity index (χ3v) is 5.78. The first-order valence-corrected chi connectivity index (χ1v) is 10.9. The van der Waals surface area contributed by atoms with Crippen molar-refractivity contribution in [1.29, 1.82) is 0 Å². The van der Waals surface area contributed by atoms with Gasteiger partial charge in [0, 0.05) is 17.3 Å². The summed E-state index contributed by atoms with van der Waals surface area (Å²) in [5.41, 5.74) is 0.993. The first kappa shape index (κ1) is 23.2. The molecule has 0 saturated carbocycles. The Labute approximate surface area is 201 Å². The van der Waals surface area contributed by atoms with Gasteiger partial charge in [0.25, 0.3) is 11.7 Å². The number of carbonyl (C=O) groups excluding carboxylic acids is 2. The third kappa shape index (κ3) is 4.18. The zero-order valence-corrected chi connectivity index (χ0v) is 19.2. The number of nitrogens with zero attached hydrogens (tertiary/aromatic N) is 1. The van der Waals surface area contributed by atoms with Crippen molar-refractivity contribution in [2.45, 2.75) is 13.0 Å². The van der Waals surface area contributed by atoms with Crippen LogP contribution in [0.15, 0.2) is 72.3 Å². The predicted octanol–water partition coefficient (Wildman–Crippen LogP) is 5.08. The zero-order chi connectivity index (χ0) is 24.4. The largest absolute Gasteiger partial charge is 0.508 e. The van der Waals surface area contributed by atoms with Gasteiger partial charge in [-0.25, -0.2) is 0 Å². The maximum Gasteiger partial charge on any atom is 0.300 e. The number of aliphatic hydroxyl groups excluding tert-OH is 1. The number of phenols is 1. The number of aliphatic hydroxyl groups is 1. The number of rotatable bonds is 6. The lowest BCUT2D eigenvalue weighted by atomic mass is 9.95. The Hall–Kier alpha value is -3.97. The maximum absolute atomic E-state index is 13.2. The van der Waals surface area contributed by atoms with E-state index in [1.165, 1.54) is 30.2 Å². The number of hydrogen-bond acceptors (Lipinski definition) is 6. The van der Waals surface area contributed by atoms with Crippen LogP contribution >= 0.6 is 11.6 Å². The normalized spacial score (nSPS) is 17.1. The van der Waals surface area contributed by atoms with Gasteiger partial charge in [0.1, 0.15) is 23.0 Å². The zero-order valence-electron chi connectivity index (χ0n) is 18.5. The van der Waals surface area contributed by atoms with Gasteiger partial charge in [-0.1, -0.05) is 29.8 Å². The van der Waals surface area contributed by atoms with Crippen molar-refractivity contribution in [1.82, 2.24) is 0 Å². The Kier molecular flexibility index (Phi) is 6.47. The molecule has 8 heteroatoms. The second kappa shape index (κ2) is 9.49. The Balaban J connectivity index is 1.94. The molecule has 2 N–H and O–H groups in total. The van der Waals surface area contributed by atoms with E-state index >= 15 is 0 Å². The highest BCUT2D eigenvalue weighted by Crippen LogP contribution is 2.43. The number of benzene rings is 3. The lowest BCUT2D eigenvalue weighted by Crippen LogP contribution is -2.29. The fourth-order valence-corrected chi connectivity index (χ4v) is 4.11. The average Bonchev–Trinajstić information content (AvgIpc) is 3.10. The van der Waals surface area contributed by atoms with Crippen molar-refractivity contribution < 1.29 is 29.3 Å². The number of anilines is 1. The predicted molar refractivity (Wildman–Crippen MR) is 129 cm³/mol. The van der Waals surface area contributed by atoms with Gasteiger partial charge in [-0.15, -0.1) is 0 Å². The molecule has 0 aromatic heterocycles. The van der Waals surface area contributed by atoms with Gasteiger partial charge in [0.15, 0.2) is 0 Å². The fourth-order valence-electron chi connectivity index (χ4n) is 3.94. The standard InChI is InChI=1S/C26H22ClNO6/c1-3-34-21-13-16(10-11-20(21)27)24(30)22-23(15-6-4-8-18(29)12-15)28(26(32)25(22)31)17-7-5-9-19(14-17)33-2/h4-14,23,29-30H,3H2,1-2H3/b24-22+. The van der Waals surface area contributed by atoms with Crippen LogP contribution in [-0.4, -0.2) is 35.6 Å². The molecule has 7 nitrogen and oxygen atoms in total. The van der Waals surface area contributed by atoms with E-state index < -0.39 is 17.7 Å². The number of halogens is 1. The number of phenolic OH excluding ortho intramolecular Hbond substituents is 1. The number of ketones is 1. The van der Waals surface area contributed by atoms with E-state index in [9.17, 15) is 19.8 Å². The maximum atomic E-state index is 13.2. The van der Waals surface area contributed by atoms with Crippen LogP contribution in [0.2, 0.25) is 5.02 Å². The Bertz CT molecular complexity index is 1300. The average molecular weight is 480 g/mol. The highest BCUT2D eigenvalue weighted by molar-refractivity contribution is 6.51. The van der Waals surface area contributed by atoms with Crippen molar-refractivity contribution >= 4 is 34.7 Å². The number of aromatic hydroxyl groups is 1. The van der Waals surface area contributed by atoms with Crippen molar-refractivity contribution in [3.8, 4) is 17.2 Å². The van der Waals surface area contributed by atoms with Crippen LogP contribution in [0.3, 0.4) is 0 Å². The summed E-state index contributed by atoms with van der Waals surface area (Å²) in [6.07, 6.45) is 0. The quantitative estimate of drug-likeness (QED) is 0.291. The van der Waals surface area contributed by atoms with Crippen LogP contribution < -0.4 is 14.4 Å². The van der Waals surface area contributed by atoms with Crippen molar-refractivity contribution in [3.63, 3.8) is 0 Å². The van der Waals surface area contributed by atoms with E-state index in [1.54, 1.807) is 55.5 Å². The smallest absolute Gasteiger partial charge is 0.300 e. The van der Waals surface area contributed by atoms with Gasteiger partial charge in [-0.3, -0.25) is 14.5 Å². The molecule has 0 spiro atoms. The molecule has 1 aliphatic rings. The minimum atomic E-state index is -0.995. The second-order valence-corrected chi connectivity index (χ2v) is 7.95. The van der Waals surface area contributed by atoms with Crippen LogP contribution in [0.4, 0.5) is 5.69 Å². The molecule has 3 aromatic rings. The van der Waals surface area contributed by atoms with E-state index in [4.69, 9.17) is 21.1 Å². The number of Topliss-reactive ketones (excluding diaryl/α,β-unsaturated/α-hetero) is 1. The molecule has 34 heavy (non-hydrogen) atoms. The Morgan fingerprint density at radius 2 is 1.82 bits per heavy atom. The van der Waals surface area contributed by atoms with E-state index in [0.29, 0.717) is 34.4 Å². The third-order valence-electron chi connectivity index (χ3n) is 5.47. The highest BCUT2D eigenvalue weighted by atomic mass is 35.5. The Morgan fingerprint density at radius 1 is 1.06 bits per heavy atom. The minimum absolute atomic E-state index is 0.0427. The SMILES string of the molecule is CCOc1cc(/C(O)=C2\C(=O)C(=O)N(c3cccc(OC)c3)C2c2cccc(O)c2)ccc1Cl. The summed E-state index contributed by atoms with van der Waals surface area (Å²) in [6.45, 7) is 2.15. The van der Waals surface area contributed by atoms with Crippen molar-refractivity contribution in [2.75, 3.05) is 18.6 Å². The minimum Gasteiger partial charge on any atom is -0.508 e. The topological polar surface area (TPSA) is 96.3 Å². The molecule has 0 bridgehead atoms. The highest BCUT2D eigenvalue weighted by Gasteiger charge is 2.47. The molecule has 0 aliphatic carbocycles. The molecule has 1 saturated heterocycles. The first-order chi connectivity index (χ1) is 16.3. The fraction of sp³-hybridized carbons (Fsp3) is 0.154. The van der Waals surface area contributed by atoms with Crippen molar-refractivity contribution in [2.24, 2.45) is 0 Å². The number of ether oxygens (including phenoxy) is 2. The molecular weight excluding hydrogens is 458 g/mol. The Morgan fingerprint density at radius 3 is 2.53 bits per heavy atom. The molecule has 0 radical (unpaired) electrons. The molecular formula is C26H22ClNO6. The summed E-state index contributed by atoms with van der Waals surface area (Å²) in [4.78, 5) is 27.8. The monoisotopic (exact) mass is 479 g/mol. The lowest BCUT2D eigenvalue weighted by Gasteiger charge is -2.26. The summed E-state index contributed by atoms with van der Waals surface area (Å²) in [7, 11) is 1.50. The number of hydrogen-bond donors (Lipinski definition) is 2. The van der Waals surface area contributed by atoms with Gasteiger partial charge < -0.3 is 19.7 Å². The summed E-state index contributed by atoms with van der Waals surface area (Å²) >= 11 is 6.17. The van der Waals surface area contributed by atoms with Crippen LogP contribution in [0.25, 0.3) is 5.76 Å². The number of carbonyl (C=O) groups is 2. The van der Waals surface area contributed by atoms with Gasteiger partial charge in [0.2, 0.25) is 0 Å². The van der Waals surface area contributed by atoms with E-state index in [-0.39, 0.29) is 22.6 Å². The summed E-state index contributed by atoms with van der Waals surface area (Å²) < 4.78 is 10.8. The van der Waals surface area contributed by atoms with Crippen LogP contribution in [0.1, 0.15) is 24.1 Å². The van der Waals surface area contributed by atoms with E-state index in [0.717, 1.165) is 0 Å². The summed E-state index contributed by atoms with van der Waals surface area (Å²) in [5.74, 6) is -1.27.